The zero-order chi connectivity index (χ0) is 7.98. The summed E-state index contributed by atoms with van der Waals surface area (Å²) in [5.74, 6) is -0.170. The van der Waals surface area contributed by atoms with E-state index in [0.29, 0.717) is 6.61 Å². The van der Waals surface area contributed by atoms with Gasteiger partial charge in [0.1, 0.15) is 0 Å². The Labute approximate surface area is 61.9 Å². The lowest BCUT2D eigenvalue weighted by Gasteiger charge is -2.07. The number of rotatable bonds is 0. The number of carbonyl (C=O) groups is 1. The fourth-order valence-electron chi connectivity index (χ4n) is 0.624. The van der Waals surface area contributed by atoms with Crippen LogP contribution in [0.2, 0.25) is 0 Å². The molecule has 1 heterocycles. The average molecular weight is 142 g/mol. The average Bonchev–Trinajstić information content (AvgIpc) is 2.00. The summed E-state index contributed by atoms with van der Waals surface area (Å²) in [6.07, 6.45) is 2.77. The van der Waals surface area contributed by atoms with Crippen LogP contribution >= 0.6 is 0 Å². The summed E-state index contributed by atoms with van der Waals surface area (Å²) in [5, 5.41) is 0. The number of hydrogen-bond acceptors (Lipinski definition) is 2. The van der Waals surface area contributed by atoms with Gasteiger partial charge in [-0.1, -0.05) is 19.9 Å². The molecule has 0 aromatic rings. The van der Waals surface area contributed by atoms with Gasteiger partial charge in [0.05, 0.1) is 6.61 Å². The van der Waals surface area contributed by atoms with Crippen LogP contribution in [0.3, 0.4) is 0 Å². The first-order valence-electron chi connectivity index (χ1n) is 3.64. The van der Waals surface area contributed by atoms with Crippen molar-refractivity contribution in [2.24, 2.45) is 0 Å². The second kappa shape index (κ2) is 5.03. The fraction of sp³-hybridized carbons (Fsp3) is 0.625. The maximum absolute atomic E-state index is 10.5. The maximum atomic E-state index is 10.5. The van der Waals surface area contributed by atoms with Crippen LogP contribution in [0.5, 0.6) is 0 Å². The molecule has 0 bridgehead atoms. The van der Waals surface area contributed by atoms with Gasteiger partial charge in [-0.3, -0.25) is 0 Å². The monoisotopic (exact) mass is 142 g/mol. The summed E-state index contributed by atoms with van der Waals surface area (Å²) in [5.41, 5.74) is 0.733. The van der Waals surface area contributed by atoms with Gasteiger partial charge in [-0.05, 0) is 6.92 Å². The Morgan fingerprint density at radius 2 is 2.10 bits per heavy atom. The molecule has 2 heteroatoms. The first kappa shape index (κ1) is 9.21. The highest BCUT2D eigenvalue weighted by Crippen LogP contribution is 2.04. The van der Waals surface area contributed by atoms with Crippen LogP contribution in [0.25, 0.3) is 0 Å². The second-order valence-corrected chi connectivity index (χ2v) is 1.81. The highest BCUT2D eigenvalue weighted by atomic mass is 16.5. The van der Waals surface area contributed by atoms with E-state index in [1.165, 1.54) is 0 Å². The molecule has 10 heavy (non-hydrogen) atoms. The van der Waals surface area contributed by atoms with E-state index >= 15 is 0 Å². The molecule has 1 aliphatic heterocycles. The highest BCUT2D eigenvalue weighted by Gasteiger charge is 2.08. The van der Waals surface area contributed by atoms with Crippen LogP contribution in [0.15, 0.2) is 11.6 Å². The van der Waals surface area contributed by atoms with Crippen LogP contribution in [0.1, 0.15) is 27.2 Å². The molecule has 0 radical (unpaired) electrons. The van der Waals surface area contributed by atoms with Gasteiger partial charge < -0.3 is 4.74 Å². The molecule has 0 saturated heterocycles. The molecule has 0 amide bonds. The number of cyclic esters (lactones) is 1. The quantitative estimate of drug-likeness (QED) is 0.483. The molecule has 0 unspecified atom stereocenters. The van der Waals surface area contributed by atoms with Crippen molar-refractivity contribution in [2.75, 3.05) is 6.61 Å². The van der Waals surface area contributed by atoms with Crippen molar-refractivity contribution in [1.29, 1.82) is 0 Å². The minimum atomic E-state index is -0.170. The lowest BCUT2D eigenvalue weighted by Crippen LogP contribution is -2.11. The summed E-state index contributed by atoms with van der Waals surface area (Å²) < 4.78 is 4.68. The second-order valence-electron chi connectivity index (χ2n) is 1.81. The van der Waals surface area contributed by atoms with Crippen LogP contribution in [0, 0.1) is 0 Å². The van der Waals surface area contributed by atoms with Gasteiger partial charge in [0.2, 0.25) is 0 Å². The summed E-state index contributed by atoms with van der Waals surface area (Å²) in [6.45, 7) is 6.32. The van der Waals surface area contributed by atoms with Gasteiger partial charge in [0, 0.05) is 12.0 Å². The summed E-state index contributed by atoms with van der Waals surface area (Å²) in [7, 11) is 0. The van der Waals surface area contributed by atoms with Crippen molar-refractivity contribution < 1.29 is 9.53 Å². The van der Waals surface area contributed by atoms with Crippen LogP contribution in [-0.4, -0.2) is 12.6 Å². The molecule has 2 nitrogen and oxygen atoms in total. The van der Waals surface area contributed by atoms with Crippen LogP contribution in [0.4, 0.5) is 0 Å². The molecule has 1 rings (SSSR count). The topological polar surface area (TPSA) is 26.3 Å². The predicted molar refractivity (Wildman–Crippen MR) is 40.7 cm³/mol. The zero-order valence-electron chi connectivity index (χ0n) is 6.81. The van der Waals surface area contributed by atoms with E-state index in [-0.39, 0.29) is 5.97 Å². The van der Waals surface area contributed by atoms with Gasteiger partial charge in [-0.15, -0.1) is 0 Å². The smallest absolute Gasteiger partial charge is 0.333 e. The number of hydrogen-bond donors (Lipinski definition) is 0. The largest absolute Gasteiger partial charge is 0.462 e. The molecular formula is C8H14O2. The van der Waals surface area contributed by atoms with E-state index in [0.717, 1.165) is 12.0 Å². The molecule has 0 spiro atoms. The minimum absolute atomic E-state index is 0.170. The molecule has 0 N–H and O–H groups in total. The Hall–Kier alpha value is -0.790. The first-order valence-corrected chi connectivity index (χ1v) is 3.64. The van der Waals surface area contributed by atoms with Crippen molar-refractivity contribution in [3.63, 3.8) is 0 Å². The normalized spacial score (nSPS) is 16.3. The van der Waals surface area contributed by atoms with E-state index in [4.69, 9.17) is 0 Å². The first-order chi connectivity index (χ1) is 4.80. The van der Waals surface area contributed by atoms with Gasteiger partial charge in [0.15, 0.2) is 0 Å². The summed E-state index contributed by atoms with van der Waals surface area (Å²) in [6, 6.07) is 0. The Balaban J connectivity index is 0.000000371. The molecular weight excluding hydrogens is 128 g/mol. The molecule has 0 aromatic carbocycles. The minimum Gasteiger partial charge on any atom is -0.462 e. The molecule has 0 aromatic heterocycles. The lowest BCUT2D eigenvalue weighted by molar-refractivity contribution is -0.139. The van der Waals surface area contributed by atoms with E-state index < -0.39 is 0 Å². The Kier molecular flexibility index (Phi) is 4.63. The molecule has 0 fully saturated rings. The predicted octanol–water partition coefficient (Wildman–Crippen LogP) is 1.91. The Morgan fingerprint density at radius 1 is 1.50 bits per heavy atom. The lowest BCUT2D eigenvalue weighted by atomic mass is 10.2. The molecule has 0 atom stereocenters. The van der Waals surface area contributed by atoms with Gasteiger partial charge in [-0.25, -0.2) is 4.79 Å². The van der Waals surface area contributed by atoms with Crippen molar-refractivity contribution in [1.82, 2.24) is 0 Å². The molecule has 0 aliphatic carbocycles. The summed E-state index contributed by atoms with van der Waals surface area (Å²) in [4.78, 5) is 10.5. The van der Waals surface area contributed by atoms with Gasteiger partial charge in [-0.2, -0.15) is 0 Å². The van der Waals surface area contributed by atoms with Crippen LogP contribution in [-0.2, 0) is 9.53 Å². The standard InChI is InChI=1S/C6H8O2.C2H6/c1-5-3-2-4-8-6(5)7;1-2/h3H,2,4H2,1H3;1-2H3. The third-order valence-electron chi connectivity index (χ3n) is 1.12. The number of esters is 1. The fourth-order valence-corrected chi connectivity index (χ4v) is 0.624. The van der Waals surface area contributed by atoms with Crippen LogP contribution < -0.4 is 0 Å². The molecule has 0 saturated carbocycles. The number of ether oxygens (including phenoxy) is 1. The molecule has 58 valence electrons. The Morgan fingerprint density at radius 3 is 2.40 bits per heavy atom. The molecule has 1 aliphatic rings. The van der Waals surface area contributed by atoms with E-state index in [1.807, 2.05) is 19.9 Å². The SMILES string of the molecule is CC.CC1=CCCOC1=O. The van der Waals surface area contributed by atoms with Gasteiger partial charge in [0.25, 0.3) is 0 Å². The zero-order valence-corrected chi connectivity index (χ0v) is 6.81. The van der Waals surface area contributed by atoms with E-state index in [2.05, 4.69) is 4.74 Å². The van der Waals surface area contributed by atoms with E-state index in [9.17, 15) is 4.79 Å². The third-order valence-corrected chi connectivity index (χ3v) is 1.12. The summed E-state index contributed by atoms with van der Waals surface area (Å²) >= 11 is 0. The van der Waals surface area contributed by atoms with Gasteiger partial charge >= 0.3 is 5.97 Å². The maximum Gasteiger partial charge on any atom is 0.333 e. The Bertz CT molecular complexity index is 136. The highest BCUT2D eigenvalue weighted by molar-refractivity contribution is 5.88. The number of carbonyl (C=O) groups excluding carboxylic acids is 1. The van der Waals surface area contributed by atoms with E-state index in [1.54, 1.807) is 6.92 Å². The third kappa shape index (κ3) is 2.67. The van der Waals surface area contributed by atoms with Crippen molar-refractivity contribution >= 4 is 5.97 Å². The van der Waals surface area contributed by atoms with Crippen molar-refractivity contribution in [2.45, 2.75) is 27.2 Å². The van der Waals surface area contributed by atoms with Crippen molar-refractivity contribution in [3.05, 3.63) is 11.6 Å². The van der Waals surface area contributed by atoms with Crippen molar-refractivity contribution in [3.8, 4) is 0 Å².